The summed E-state index contributed by atoms with van der Waals surface area (Å²) in [5, 5.41) is 18.4. The Kier molecular flexibility index (Phi) is 3.83. The van der Waals surface area contributed by atoms with E-state index in [4.69, 9.17) is 5.11 Å². The van der Waals surface area contributed by atoms with Crippen molar-refractivity contribution in [2.75, 3.05) is 20.1 Å². The molecule has 0 saturated carbocycles. The predicted octanol–water partition coefficient (Wildman–Crippen LogP) is -3.00. The number of aliphatic carboxylic acids is 1. The Morgan fingerprint density at radius 1 is 1.53 bits per heavy atom. The molecule has 1 heterocycles. The number of hydrazine groups is 2. The molecule has 0 saturated heterocycles. The van der Waals surface area contributed by atoms with E-state index < -0.39 is 5.97 Å². The summed E-state index contributed by atoms with van der Waals surface area (Å²) in [6.07, 6.45) is 0. The second-order valence-corrected chi connectivity index (χ2v) is 2.76. The quantitative estimate of drug-likeness (QED) is 0.340. The molecule has 0 unspecified atom stereocenters. The zero-order valence-electron chi connectivity index (χ0n) is 8.07. The summed E-state index contributed by atoms with van der Waals surface area (Å²) in [6.45, 7) is -0.342. The summed E-state index contributed by atoms with van der Waals surface area (Å²) in [4.78, 5) is 21.3. The molecule has 0 fully saturated rings. The van der Waals surface area contributed by atoms with Crippen molar-refractivity contribution in [1.29, 1.82) is 0 Å². The first kappa shape index (κ1) is 11.2. The summed E-state index contributed by atoms with van der Waals surface area (Å²) in [7, 11) is 1.66. The van der Waals surface area contributed by atoms with Gasteiger partial charge in [0, 0.05) is 7.05 Å². The van der Waals surface area contributed by atoms with Gasteiger partial charge in [0.1, 0.15) is 0 Å². The van der Waals surface area contributed by atoms with Crippen molar-refractivity contribution in [3.05, 3.63) is 0 Å². The Labute approximate surface area is 85.4 Å². The number of nitrogens with zero attached hydrogens (tertiary/aromatic N) is 2. The van der Waals surface area contributed by atoms with Crippen LogP contribution in [-0.4, -0.2) is 48.1 Å². The van der Waals surface area contributed by atoms with Crippen molar-refractivity contribution < 1.29 is 14.7 Å². The second-order valence-electron chi connectivity index (χ2n) is 2.76. The molecule has 0 aliphatic carbocycles. The van der Waals surface area contributed by atoms with Crippen LogP contribution in [0.1, 0.15) is 0 Å². The van der Waals surface area contributed by atoms with Crippen molar-refractivity contribution in [2.24, 2.45) is 5.10 Å². The second kappa shape index (κ2) is 5.12. The highest BCUT2D eigenvalue weighted by Gasteiger charge is 2.14. The topological polar surface area (TPSA) is 118 Å². The third-order valence-electron chi connectivity index (χ3n) is 1.51. The Bertz CT molecular complexity index is 291. The third-order valence-corrected chi connectivity index (χ3v) is 1.51. The van der Waals surface area contributed by atoms with Crippen LogP contribution >= 0.6 is 0 Å². The first-order valence-electron chi connectivity index (χ1n) is 4.14. The van der Waals surface area contributed by atoms with Gasteiger partial charge in [0.2, 0.25) is 11.9 Å². The minimum Gasteiger partial charge on any atom is -0.480 e. The monoisotopic (exact) mass is 216 g/mol. The van der Waals surface area contributed by atoms with Gasteiger partial charge in [-0.3, -0.25) is 25.2 Å². The van der Waals surface area contributed by atoms with Crippen LogP contribution in [0.2, 0.25) is 0 Å². The number of hydrazone groups is 1. The molecule has 84 valence electrons. The van der Waals surface area contributed by atoms with E-state index in [-0.39, 0.29) is 19.0 Å². The van der Waals surface area contributed by atoms with Crippen LogP contribution in [0, 0.1) is 0 Å². The molecule has 0 bridgehead atoms. The minimum absolute atomic E-state index is 0.0842. The molecular weight excluding hydrogens is 204 g/mol. The van der Waals surface area contributed by atoms with Gasteiger partial charge < -0.3 is 5.11 Å². The van der Waals surface area contributed by atoms with Gasteiger partial charge in [-0.2, -0.15) is 0 Å². The first-order valence-corrected chi connectivity index (χ1v) is 4.14. The number of rotatable bonds is 4. The molecule has 0 aromatic heterocycles. The van der Waals surface area contributed by atoms with Crippen LogP contribution in [0.25, 0.3) is 0 Å². The molecule has 0 atom stereocenters. The van der Waals surface area contributed by atoms with Gasteiger partial charge in [-0.05, 0) is 0 Å². The standard InChI is InChI=1S/C6H12N6O3/c1-12-6(9-10-11-12)8-4(13)2-7-3-5(14)15/h7,10-11H,2-3H2,1H3,(H,14,15)(H,8,9,13). The summed E-state index contributed by atoms with van der Waals surface area (Å²) in [5.41, 5.74) is 5.04. The predicted molar refractivity (Wildman–Crippen MR) is 50.1 cm³/mol. The molecule has 1 aliphatic rings. The van der Waals surface area contributed by atoms with Crippen LogP contribution in [-0.2, 0) is 9.59 Å². The third kappa shape index (κ3) is 3.79. The van der Waals surface area contributed by atoms with Crippen LogP contribution in [0.5, 0.6) is 0 Å². The van der Waals surface area contributed by atoms with Gasteiger partial charge in [0.25, 0.3) is 0 Å². The number of carbonyl (C=O) groups is 2. The van der Waals surface area contributed by atoms with E-state index in [0.717, 1.165) is 0 Å². The molecule has 0 aromatic rings. The fourth-order valence-corrected chi connectivity index (χ4v) is 0.845. The SMILES string of the molecule is CN1NNN=C1NC(=O)CNCC(=O)O. The molecule has 15 heavy (non-hydrogen) atoms. The average molecular weight is 216 g/mol. The minimum atomic E-state index is -1.01. The number of carboxylic acid groups (broad SMARTS) is 1. The molecule has 0 spiro atoms. The van der Waals surface area contributed by atoms with Crippen LogP contribution in [0.3, 0.4) is 0 Å². The number of carboxylic acids is 1. The molecule has 0 radical (unpaired) electrons. The van der Waals surface area contributed by atoms with Gasteiger partial charge in [-0.25, -0.2) is 5.53 Å². The Balaban J connectivity index is 2.21. The van der Waals surface area contributed by atoms with Crippen molar-refractivity contribution in [3.8, 4) is 0 Å². The molecule has 5 N–H and O–H groups in total. The fourth-order valence-electron chi connectivity index (χ4n) is 0.845. The summed E-state index contributed by atoms with van der Waals surface area (Å²) >= 11 is 0. The number of guanidine groups is 1. The number of amides is 1. The van der Waals surface area contributed by atoms with E-state index in [1.54, 1.807) is 7.05 Å². The lowest BCUT2D eigenvalue weighted by Crippen LogP contribution is -2.47. The zero-order valence-corrected chi connectivity index (χ0v) is 8.07. The van der Waals surface area contributed by atoms with Gasteiger partial charge in [-0.15, -0.1) is 10.6 Å². The van der Waals surface area contributed by atoms with Gasteiger partial charge in [0.15, 0.2) is 0 Å². The molecular formula is C6H12N6O3. The zero-order chi connectivity index (χ0) is 11.3. The smallest absolute Gasteiger partial charge is 0.317 e. The van der Waals surface area contributed by atoms with Crippen molar-refractivity contribution in [1.82, 2.24) is 26.7 Å². The van der Waals surface area contributed by atoms with E-state index >= 15 is 0 Å². The van der Waals surface area contributed by atoms with Crippen molar-refractivity contribution in [3.63, 3.8) is 0 Å². The largest absolute Gasteiger partial charge is 0.480 e. The van der Waals surface area contributed by atoms with Crippen LogP contribution < -0.4 is 21.7 Å². The molecule has 9 heteroatoms. The lowest BCUT2D eigenvalue weighted by molar-refractivity contribution is -0.135. The molecule has 9 nitrogen and oxygen atoms in total. The highest BCUT2D eigenvalue weighted by Crippen LogP contribution is 1.83. The van der Waals surface area contributed by atoms with E-state index in [9.17, 15) is 9.59 Å². The maximum absolute atomic E-state index is 11.2. The van der Waals surface area contributed by atoms with E-state index in [2.05, 4.69) is 26.8 Å². The van der Waals surface area contributed by atoms with Crippen molar-refractivity contribution >= 4 is 17.8 Å². The molecule has 1 rings (SSSR count). The maximum Gasteiger partial charge on any atom is 0.317 e. The molecule has 1 aliphatic heterocycles. The van der Waals surface area contributed by atoms with Crippen molar-refractivity contribution in [2.45, 2.75) is 0 Å². The number of nitrogens with one attached hydrogen (secondary N) is 4. The van der Waals surface area contributed by atoms with Gasteiger partial charge in [-0.1, -0.05) is 0 Å². The fraction of sp³-hybridized carbons (Fsp3) is 0.500. The summed E-state index contributed by atoms with van der Waals surface area (Å²) < 4.78 is 0. The van der Waals surface area contributed by atoms with Gasteiger partial charge in [0.05, 0.1) is 13.1 Å². The van der Waals surface area contributed by atoms with E-state index in [0.29, 0.717) is 5.96 Å². The molecule has 0 aromatic carbocycles. The molecule has 1 amide bonds. The number of carbonyl (C=O) groups excluding carboxylic acids is 1. The Hall–Kier alpha value is -1.87. The number of hydrogen-bond acceptors (Lipinski definition) is 7. The van der Waals surface area contributed by atoms with E-state index in [1.165, 1.54) is 5.01 Å². The van der Waals surface area contributed by atoms with Crippen LogP contribution in [0.4, 0.5) is 0 Å². The summed E-state index contributed by atoms with van der Waals surface area (Å²) in [5.74, 6) is -1.06. The van der Waals surface area contributed by atoms with E-state index in [1.807, 2.05) is 0 Å². The highest BCUT2D eigenvalue weighted by atomic mass is 16.4. The lowest BCUT2D eigenvalue weighted by Gasteiger charge is -2.12. The normalized spacial score (nSPS) is 14.5. The average Bonchev–Trinajstić information content (AvgIpc) is 2.51. The lowest BCUT2D eigenvalue weighted by atomic mass is 10.5. The van der Waals surface area contributed by atoms with Gasteiger partial charge >= 0.3 is 5.97 Å². The van der Waals surface area contributed by atoms with Crippen LogP contribution in [0.15, 0.2) is 5.10 Å². The Morgan fingerprint density at radius 3 is 2.80 bits per heavy atom. The highest BCUT2D eigenvalue weighted by molar-refractivity contribution is 5.97. The number of hydrogen-bond donors (Lipinski definition) is 5. The first-order chi connectivity index (χ1) is 7.09. The maximum atomic E-state index is 11.2. The summed E-state index contributed by atoms with van der Waals surface area (Å²) in [6, 6.07) is 0. The Morgan fingerprint density at radius 2 is 2.27 bits per heavy atom.